The van der Waals surface area contributed by atoms with Gasteiger partial charge in [0.1, 0.15) is 11.5 Å². The SMILES string of the molecule is CNCc1ccc(Oc2cc([N+](=O)[O-])ccc2C)cc1Cl. The summed E-state index contributed by atoms with van der Waals surface area (Å²) >= 11 is 6.17. The minimum Gasteiger partial charge on any atom is -0.457 e. The average molecular weight is 307 g/mol. The number of nitro groups is 1. The molecule has 5 nitrogen and oxygen atoms in total. The first-order valence-electron chi connectivity index (χ1n) is 6.37. The zero-order valence-corrected chi connectivity index (χ0v) is 12.5. The number of nitrogens with zero attached hydrogens (tertiary/aromatic N) is 1. The molecule has 2 aromatic carbocycles. The molecular weight excluding hydrogens is 292 g/mol. The highest BCUT2D eigenvalue weighted by atomic mass is 35.5. The largest absolute Gasteiger partial charge is 0.457 e. The molecule has 2 aromatic rings. The van der Waals surface area contributed by atoms with Crippen LogP contribution >= 0.6 is 11.6 Å². The number of aryl methyl sites for hydroxylation is 1. The summed E-state index contributed by atoms with van der Waals surface area (Å²) in [5, 5.41) is 14.4. The van der Waals surface area contributed by atoms with Crippen molar-refractivity contribution >= 4 is 17.3 Å². The van der Waals surface area contributed by atoms with Crippen LogP contribution in [0.5, 0.6) is 11.5 Å². The average Bonchev–Trinajstić information content (AvgIpc) is 2.44. The summed E-state index contributed by atoms with van der Waals surface area (Å²) in [6, 6.07) is 9.87. The van der Waals surface area contributed by atoms with Gasteiger partial charge in [0, 0.05) is 17.6 Å². The Kier molecular flexibility index (Phi) is 4.77. The van der Waals surface area contributed by atoms with E-state index in [2.05, 4.69) is 5.32 Å². The van der Waals surface area contributed by atoms with Crippen molar-refractivity contribution in [2.24, 2.45) is 0 Å². The molecule has 0 atom stereocenters. The third-order valence-electron chi connectivity index (χ3n) is 3.00. The van der Waals surface area contributed by atoms with E-state index < -0.39 is 4.92 Å². The number of rotatable bonds is 5. The standard InChI is InChI=1S/C15H15ClN2O3/c1-10-3-5-12(18(19)20)7-15(10)21-13-6-4-11(9-17-2)14(16)8-13/h3-8,17H,9H2,1-2H3. The Hall–Kier alpha value is -2.11. The molecule has 6 heteroatoms. The van der Waals surface area contributed by atoms with E-state index in [1.807, 2.05) is 20.0 Å². The molecule has 0 spiro atoms. The van der Waals surface area contributed by atoms with Crippen molar-refractivity contribution in [3.05, 3.63) is 62.7 Å². The Morgan fingerprint density at radius 3 is 2.67 bits per heavy atom. The molecule has 0 saturated carbocycles. The molecule has 2 rings (SSSR count). The van der Waals surface area contributed by atoms with E-state index in [1.165, 1.54) is 12.1 Å². The number of hydrogen-bond acceptors (Lipinski definition) is 4. The fourth-order valence-corrected chi connectivity index (χ4v) is 2.10. The van der Waals surface area contributed by atoms with Crippen molar-refractivity contribution in [3.63, 3.8) is 0 Å². The van der Waals surface area contributed by atoms with Crippen molar-refractivity contribution in [1.82, 2.24) is 5.32 Å². The van der Waals surface area contributed by atoms with Gasteiger partial charge in [-0.25, -0.2) is 0 Å². The van der Waals surface area contributed by atoms with Crippen molar-refractivity contribution in [2.45, 2.75) is 13.5 Å². The van der Waals surface area contributed by atoms with Crippen LogP contribution in [0.4, 0.5) is 5.69 Å². The topological polar surface area (TPSA) is 64.4 Å². The van der Waals surface area contributed by atoms with Gasteiger partial charge in [-0.3, -0.25) is 10.1 Å². The quantitative estimate of drug-likeness (QED) is 0.668. The second-order valence-corrected chi connectivity index (χ2v) is 5.00. The van der Waals surface area contributed by atoms with E-state index in [4.69, 9.17) is 16.3 Å². The molecule has 0 unspecified atom stereocenters. The normalized spacial score (nSPS) is 10.4. The summed E-state index contributed by atoms with van der Waals surface area (Å²) in [5.41, 5.74) is 1.77. The fourth-order valence-electron chi connectivity index (χ4n) is 1.86. The first-order chi connectivity index (χ1) is 10.0. The second kappa shape index (κ2) is 6.56. The maximum Gasteiger partial charge on any atom is 0.273 e. The van der Waals surface area contributed by atoms with Gasteiger partial charge in [-0.1, -0.05) is 17.7 Å². The number of nitrogens with one attached hydrogen (secondary N) is 1. The number of non-ortho nitro benzene ring substituents is 1. The zero-order valence-electron chi connectivity index (χ0n) is 11.7. The molecule has 0 aliphatic heterocycles. The molecule has 110 valence electrons. The molecule has 0 saturated heterocycles. The van der Waals surface area contributed by atoms with E-state index in [0.29, 0.717) is 23.1 Å². The Morgan fingerprint density at radius 2 is 2.05 bits per heavy atom. The van der Waals surface area contributed by atoms with Crippen LogP contribution in [0.1, 0.15) is 11.1 Å². The van der Waals surface area contributed by atoms with Gasteiger partial charge in [0.2, 0.25) is 0 Å². The van der Waals surface area contributed by atoms with E-state index in [1.54, 1.807) is 18.2 Å². The van der Waals surface area contributed by atoms with Crippen molar-refractivity contribution in [3.8, 4) is 11.5 Å². The lowest BCUT2D eigenvalue weighted by molar-refractivity contribution is -0.384. The van der Waals surface area contributed by atoms with Crippen LogP contribution in [0.2, 0.25) is 5.02 Å². The first kappa shape index (κ1) is 15.3. The number of ether oxygens (including phenoxy) is 1. The van der Waals surface area contributed by atoms with Crippen LogP contribution < -0.4 is 10.1 Å². The summed E-state index contributed by atoms with van der Waals surface area (Å²) in [7, 11) is 1.84. The molecule has 0 aromatic heterocycles. The highest BCUT2D eigenvalue weighted by Crippen LogP contribution is 2.31. The maximum atomic E-state index is 10.8. The van der Waals surface area contributed by atoms with E-state index in [9.17, 15) is 10.1 Å². The van der Waals surface area contributed by atoms with Gasteiger partial charge in [-0.15, -0.1) is 0 Å². The summed E-state index contributed by atoms with van der Waals surface area (Å²) in [6.07, 6.45) is 0. The third kappa shape index (κ3) is 3.71. The maximum absolute atomic E-state index is 10.8. The van der Waals surface area contributed by atoms with Crippen LogP contribution in [0, 0.1) is 17.0 Å². The molecule has 0 aliphatic rings. The molecular formula is C15H15ClN2O3. The highest BCUT2D eigenvalue weighted by Gasteiger charge is 2.11. The van der Waals surface area contributed by atoms with Crippen molar-refractivity contribution < 1.29 is 9.66 Å². The van der Waals surface area contributed by atoms with Gasteiger partial charge in [-0.05, 0) is 43.3 Å². The van der Waals surface area contributed by atoms with Crippen molar-refractivity contribution in [2.75, 3.05) is 7.05 Å². The van der Waals surface area contributed by atoms with Gasteiger partial charge in [0.05, 0.1) is 11.0 Å². The highest BCUT2D eigenvalue weighted by molar-refractivity contribution is 6.31. The van der Waals surface area contributed by atoms with E-state index in [-0.39, 0.29) is 5.69 Å². The Labute approximate surface area is 127 Å². The minimum absolute atomic E-state index is 0.00602. The lowest BCUT2D eigenvalue weighted by Gasteiger charge is -2.10. The smallest absolute Gasteiger partial charge is 0.273 e. The molecule has 0 radical (unpaired) electrons. The predicted molar refractivity (Wildman–Crippen MR) is 82.1 cm³/mol. The summed E-state index contributed by atoms with van der Waals surface area (Å²) < 4.78 is 5.70. The molecule has 21 heavy (non-hydrogen) atoms. The number of halogens is 1. The van der Waals surface area contributed by atoms with Gasteiger partial charge in [0.15, 0.2) is 0 Å². The Bertz CT molecular complexity index is 674. The van der Waals surface area contributed by atoms with Crippen LogP contribution in [-0.2, 0) is 6.54 Å². The van der Waals surface area contributed by atoms with Gasteiger partial charge >= 0.3 is 0 Å². The number of nitro benzene ring substituents is 1. The monoisotopic (exact) mass is 306 g/mol. The third-order valence-corrected chi connectivity index (χ3v) is 3.35. The first-order valence-corrected chi connectivity index (χ1v) is 6.75. The summed E-state index contributed by atoms with van der Waals surface area (Å²) in [6.45, 7) is 2.49. The van der Waals surface area contributed by atoms with Crippen molar-refractivity contribution in [1.29, 1.82) is 0 Å². The zero-order chi connectivity index (χ0) is 15.4. The van der Waals surface area contributed by atoms with Crippen LogP contribution in [0.3, 0.4) is 0 Å². The number of benzene rings is 2. The second-order valence-electron chi connectivity index (χ2n) is 4.59. The van der Waals surface area contributed by atoms with Gasteiger partial charge in [0.25, 0.3) is 5.69 Å². The lowest BCUT2D eigenvalue weighted by atomic mass is 10.2. The Morgan fingerprint density at radius 1 is 1.29 bits per heavy atom. The van der Waals surface area contributed by atoms with Crippen LogP contribution in [0.25, 0.3) is 0 Å². The molecule has 0 aliphatic carbocycles. The molecule has 0 bridgehead atoms. The fraction of sp³-hybridized carbons (Fsp3) is 0.200. The Balaban J connectivity index is 2.27. The van der Waals surface area contributed by atoms with Crippen LogP contribution in [0.15, 0.2) is 36.4 Å². The lowest BCUT2D eigenvalue weighted by Crippen LogP contribution is -2.05. The van der Waals surface area contributed by atoms with Gasteiger partial charge < -0.3 is 10.1 Å². The van der Waals surface area contributed by atoms with Gasteiger partial charge in [-0.2, -0.15) is 0 Å². The number of hydrogen-bond donors (Lipinski definition) is 1. The minimum atomic E-state index is -0.449. The molecule has 1 N–H and O–H groups in total. The summed E-state index contributed by atoms with van der Waals surface area (Å²) in [4.78, 5) is 10.4. The molecule has 0 amide bonds. The van der Waals surface area contributed by atoms with E-state index in [0.717, 1.165) is 11.1 Å². The van der Waals surface area contributed by atoms with Crippen LogP contribution in [-0.4, -0.2) is 12.0 Å². The predicted octanol–water partition coefficient (Wildman–Crippen LogP) is 4.07. The molecule has 0 heterocycles. The molecule has 0 fully saturated rings. The van der Waals surface area contributed by atoms with E-state index >= 15 is 0 Å². The summed E-state index contributed by atoms with van der Waals surface area (Å²) in [5.74, 6) is 0.991.